The van der Waals surface area contributed by atoms with E-state index in [0.29, 0.717) is 22.5 Å². The molecule has 0 unspecified atom stereocenters. The van der Waals surface area contributed by atoms with Crippen molar-refractivity contribution < 1.29 is 14.0 Å². The topological polar surface area (TPSA) is 41.9 Å². The molecule has 0 N–H and O–H groups in total. The zero-order chi connectivity index (χ0) is 17.6. The van der Waals surface area contributed by atoms with Crippen molar-refractivity contribution in [3.63, 3.8) is 0 Å². The molecule has 0 saturated carbocycles. The van der Waals surface area contributed by atoms with Crippen LogP contribution in [0.2, 0.25) is 0 Å². The summed E-state index contributed by atoms with van der Waals surface area (Å²) in [6.07, 6.45) is 3.39. The summed E-state index contributed by atoms with van der Waals surface area (Å²) in [5, 5.41) is 3.84. The van der Waals surface area contributed by atoms with Crippen molar-refractivity contribution in [3.05, 3.63) is 65.5 Å². The van der Waals surface area contributed by atoms with Crippen molar-refractivity contribution in [2.24, 2.45) is 5.16 Å². The average molecular weight is 340 g/mol. The van der Waals surface area contributed by atoms with Gasteiger partial charge in [-0.3, -0.25) is 0 Å². The zero-order valence-corrected chi connectivity index (χ0v) is 14.2. The van der Waals surface area contributed by atoms with E-state index in [1.165, 1.54) is 12.5 Å². The molecule has 1 heterocycles. The van der Waals surface area contributed by atoms with Crippen LogP contribution in [0.25, 0.3) is 0 Å². The third kappa shape index (κ3) is 4.24. The van der Waals surface area contributed by atoms with E-state index in [9.17, 15) is 9.18 Å². The van der Waals surface area contributed by atoms with E-state index in [1.54, 1.807) is 37.3 Å². The highest BCUT2D eigenvalue weighted by Crippen LogP contribution is 2.24. The van der Waals surface area contributed by atoms with E-state index in [1.807, 2.05) is 12.1 Å². The molecule has 1 aliphatic heterocycles. The van der Waals surface area contributed by atoms with Gasteiger partial charge in [-0.2, -0.15) is 0 Å². The normalized spacial score (nSPS) is 15.1. The van der Waals surface area contributed by atoms with Crippen LogP contribution in [0.15, 0.2) is 53.7 Å². The third-order valence-corrected chi connectivity index (χ3v) is 4.34. The van der Waals surface area contributed by atoms with Gasteiger partial charge in [0.25, 0.3) is 0 Å². The summed E-state index contributed by atoms with van der Waals surface area (Å²) < 4.78 is 14.5. The van der Waals surface area contributed by atoms with Crippen LogP contribution in [-0.2, 0) is 4.84 Å². The molecule has 0 aromatic heterocycles. The molecule has 1 fully saturated rings. The molecule has 0 spiro atoms. The molecule has 5 heteroatoms. The Labute approximate surface area is 146 Å². The molecule has 0 amide bonds. The summed E-state index contributed by atoms with van der Waals surface area (Å²) >= 11 is 0. The van der Waals surface area contributed by atoms with E-state index < -0.39 is 5.97 Å². The van der Waals surface area contributed by atoms with Crippen LogP contribution in [0.1, 0.15) is 42.1 Å². The Kier molecular flexibility index (Phi) is 5.43. The first kappa shape index (κ1) is 17.1. The van der Waals surface area contributed by atoms with Crippen LogP contribution in [0.4, 0.5) is 10.1 Å². The van der Waals surface area contributed by atoms with E-state index in [0.717, 1.165) is 25.9 Å². The summed E-state index contributed by atoms with van der Waals surface area (Å²) in [4.78, 5) is 18.9. The molecule has 0 aliphatic carbocycles. The van der Waals surface area contributed by atoms with Crippen molar-refractivity contribution in [2.75, 3.05) is 18.0 Å². The highest BCUT2D eigenvalue weighted by atomic mass is 19.1. The van der Waals surface area contributed by atoms with Gasteiger partial charge in [-0.05, 0) is 50.5 Å². The maximum Gasteiger partial charge on any atom is 0.365 e. The van der Waals surface area contributed by atoms with E-state index in [4.69, 9.17) is 4.84 Å². The fraction of sp³-hybridized carbons (Fsp3) is 0.300. The molecule has 1 aliphatic rings. The van der Waals surface area contributed by atoms with Gasteiger partial charge in [0.2, 0.25) is 0 Å². The number of halogens is 1. The summed E-state index contributed by atoms with van der Waals surface area (Å²) in [6, 6.07) is 13.7. The number of hydrogen-bond acceptors (Lipinski definition) is 4. The van der Waals surface area contributed by atoms with Crippen LogP contribution >= 0.6 is 0 Å². The second kappa shape index (κ2) is 7.92. The fourth-order valence-corrected chi connectivity index (χ4v) is 2.91. The molecular weight excluding hydrogens is 319 g/mol. The summed E-state index contributed by atoms with van der Waals surface area (Å²) in [7, 11) is 0. The number of anilines is 1. The van der Waals surface area contributed by atoms with Gasteiger partial charge < -0.3 is 9.74 Å². The molecule has 0 atom stereocenters. The number of piperidine rings is 1. The molecule has 25 heavy (non-hydrogen) atoms. The highest BCUT2D eigenvalue weighted by molar-refractivity contribution is 5.99. The van der Waals surface area contributed by atoms with Crippen LogP contribution in [0, 0.1) is 5.82 Å². The quantitative estimate of drug-likeness (QED) is 0.471. The molecule has 4 nitrogen and oxygen atoms in total. The number of oxime groups is 1. The van der Waals surface area contributed by atoms with Crippen molar-refractivity contribution >= 4 is 17.4 Å². The second-order valence-corrected chi connectivity index (χ2v) is 6.14. The molecule has 0 bridgehead atoms. The van der Waals surface area contributed by atoms with E-state index >= 15 is 0 Å². The Balaban J connectivity index is 1.70. The van der Waals surface area contributed by atoms with Gasteiger partial charge >= 0.3 is 5.97 Å². The first-order valence-electron chi connectivity index (χ1n) is 8.51. The minimum absolute atomic E-state index is 0.275. The Hall–Kier alpha value is -2.69. The minimum Gasteiger partial charge on any atom is -0.369 e. The number of nitrogens with zero attached hydrogens (tertiary/aromatic N) is 2. The van der Waals surface area contributed by atoms with Crippen molar-refractivity contribution in [1.82, 2.24) is 0 Å². The second-order valence-electron chi connectivity index (χ2n) is 6.14. The first-order chi connectivity index (χ1) is 12.1. The average Bonchev–Trinajstić information content (AvgIpc) is 2.67. The molecule has 0 radical (unpaired) electrons. The van der Waals surface area contributed by atoms with Crippen LogP contribution in [-0.4, -0.2) is 24.8 Å². The Bertz CT molecular complexity index is 769. The summed E-state index contributed by atoms with van der Waals surface area (Å²) in [5.41, 5.74) is 2.09. The zero-order valence-electron chi connectivity index (χ0n) is 14.2. The maximum absolute atomic E-state index is 14.5. The van der Waals surface area contributed by atoms with Gasteiger partial charge in [0, 0.05) is 18.7 Å². The lowest BCUT2D eigenvalue weighted by Gasteiger charge is -2.29. The highest BCUT2D eigenvalue weighted by Gasteiger charge is 2.15. The Morgan fingerprint density at radius 2 is 1.76 bits per heavy atom. The molecule has 2 aromatic carbocycles. The molecule has 3 rings (SSSR count). The molecule has 1 saturated heterocycles. The molecule has 130 valence electrons. The van der Waals surface area contributed by atoms with Crippen LogP contribution in [0.5, 0.6) is 0 Å². The van der Waals surface area contributed by atoms with Gasteiger partial charge in [-0.15, -0.1) is 0 Å². The number of rotatable bonds is 4. The number of carbonyl (C=O) groups is 1. The van der Waals surface area contributed by atoms with Crippen molar-refractivity contribution in [2.45, 2.75) is 26.2 Å². The van der Waals surface area contributed by atoms with Gasteiger partial charge in [-0.25, -0.2) is 9.18 Å². The van der Waals surface area contributed by atoms with Crippen LogP contribution in [0.3, 0.4) is 0 Å². The lowest BCUT2D eigenvalue weighted by molar-refractivity contribution is 0.0516. The smallest absolute Gasteiger partial charge is 0.365 e. The Morgan fingerprint density at radius 1 is 1.04 bits per heavy atom. The number of benzene rings is 2. The fourth-order valence-electron chi connectivity index (χ4n) is 2.91. The maximum atomic E-state index is 14.5. The summed E-state index contributed by atoms with van der Waals surface area (Å²) in [5.74, 6) is -0.811. The first-order valence-corrected chi connectivity index (χ1v) is 8.51. The Morgan fingerprint density at radius 3 is 2.44 bits per heavy atom. The minimum atomic E-state index is -0.537. The standard InChI is InChI=1S/C20H21FN2O2/c1-15(22-25-20(24)16-8-4-2-5-9-16)17-10-11-19(18(21)14-17)23-12-6-3-7-13-23/h2,4-5,8-11,14H,3,6-7,12-13H2,1H3. The molecular formula is C20H21FN2O2. The van der Waals surface area contributed by atoms with E-state index in [2.05, 4.69) is 10.1 Å². The SMILES string of the molecule is CC(=NOC(=O)c1ccccc1)c1ccc(N2CCCCC2)c(F)c1. The third-order valence-electron chi connectivity index (χ3n) is 4.34. The van der Waals surface area contributed by atoms with Gasteiger partial charge in [0.1, 0.15) is 5.82 Å². The van der Waals surface area contributed by atoms with Gasteiger partial charge in [0.15, 0.2) is 0 Å². The van der Waals surface area contributed by atoms with Crippen LogP contribution < -0.4 is 4.90 Å². The number of hydrogen-bond donors (Lipinski definition) is 0. The van der Waals surface area contributed by atoms with Crippen molar-refractivity contribution in [3.8, 4) is 0 Å². The lowest BCUT2D eigenvalue weighted by atomic mass is 10.1. The number of carbonyl (C=O) groups excluding carboxylic acids is 1. The van der Waals surface area contributed by atoms with Crippen molar-refractivity contribution in [1.29, 1.82) is 0 Å². The van der Waals surface area contributed by atoms with E-state index in [-0.39, 0.29) is 5.82 Å². The monoisotopic (exact) mass is 340 g/mol. The predicted molar refractivity (Wildman–Crippen MR) is 96.5 cm³/mol. The van der Waals surface area contributed by atoms with Gasteiger partial charge in [-0.1, -0.05) is 29.4 Å². The lowest BCUT2D eigenvalue weighted by Crippen LogP contribution is -2.30. The molecule has 2 aromatic rings. The largest absolute Gasteiger partial charge is 0.369 e. The summed E-state index contributed by atoms with van der Waals surface area (Å²) in [6.45, 7) is 3.46. The predicted octanol–water partition coefficient (Wildman–Crippen LogP) is 4.40. The van der Waals surface area contributed by atoms with Gasteiger partial charge in [0.05, 0.1) is 17.0 Å².